The molecule has 1 aromatic carbocycles. The van der Waals surface area contributed by atoms with Gasteiger partial charge in [-0.25, -0.2) is 4.79 Å². The minimum Gasteiger partial charge on any atom is -0.479 e. The average Bonchev–Trinajstić information content (AvgIpc) is 3.12. The topological polar surface area (TPSA) is 104 Å². The molecule has 1 saturated heterocycles. The number of aromatic amines is 1. The van der Waals surface area contributed by atoms with Crippen molar-refractivity contribution in [3.8, 4) is 0 Å². The zero-order valence-corrected chi connectivity index (χ0v) is 11.2. The van der Waals surface area contributed by atoms with E-state index in [4.69, 9.17) is 9.84 Å². The number of rotatable bonds is 4. The van der Waals surface area contributed by atoms with Gasteiger partial charge in [-0.3, -0.25) is 9.89 Å². The van der Waals surface area contributed by atoms with Gasteiger partial charge in [0, 0.05) is 17.5 Å². The number of carbonyl (C=O) groups excluding carboxylic acids is 1. The minimum absolute atomic E-state index is 0.214. The van der Waals surface area contributed by atoms with Crippen LogP contribution in [0.25, 0.3) is 10.9 Å². The number of hydrogen-bond donors (Lipinski definition) is 3. The number of carbonyl (C=O) groups is 2. The lowest BCUT2D eigenvalue weighted by Crippen LogP contribution is -2.33. The summed E-state index contributed by atoms with van der Waals surface area (Å²) in [7, 11) is 0. The normalized spacial score (nSPS) is 21.5. The monoisotopic (exact) mass is 289 g/mol. The first-order valence-corrected chi connectivity index (χ1v) is 6.73. The van der Waals surface area contributed by atoms with Gasteiger partial charge in [0.05, 0.1) is 17.8 Å². The molecule has 3 rings (SSSR count). The number of fused-ring (bicyclic) bond motifs is 1. The van der Waals surface area contributed by atoms with Crippen LogP contribution in [0.2, 0.25) is 0 Å². The third-order valence-electron chi connectivity index (χ3n) is 3.58. The number of nitrogens with zero attached hydrogens (tertiary/aromatic N) is 1. The van der Waals surface area contributed by atoms with E-state index in [-0.39, 0.29) is 12.0 Å². The number of benzene rings is 1. The summed E-state index contributed by atoms with van der Waals surface area (Å²) < 4.78 is 5.34. The van der Waals surface area contributed by atoms with Gasteiger partial charge in [-0.2, -0.15) is 5.10 Å². The predicted octanol–water partition coefficient (Wildman–Crippen LogP) is 0.925. The fourth-order valence-electron chi connectivity index (χ4n) is 2.42. The highest BCUT2D eigenvalue weighted by Crippen LogP contribution is 2.19. The Balaban J connectivity index is 1.58. The molecule has 1 aromatic heterocycles. The Morgan fingerprint density at radius 2 is 2.29 bits per heavy atom. The molecule has 0 saturated carbocycles. The molecular weight excluding hydrogens is 274 g/mol. The van der Waals surface area contributed by atoms with Crippen molar-refractivity contribution in [3.63, 3.8) is 0 Å². The third kappa shape index (κ3) is 2.87. The van der Waals surface area contributed by atoms with Crippen LogP contribution >= 0.6 is 0 Å². The smallest absolute Gasteiger partial charge is 0.332 e. The van der Waals surface area contributed by atoms with Crippen LogP contribution in [0.1, 0.15) is 23.2 Å². The summed E-state index contributed by atoms with van der Waals surface area (Å²) in [6.07, 6.45) is 1.81. The zero-order chi connectivity index (χ0) is 14.8. The van der Waals surface area contributed by atoms with Crippen LogP contribution in [-0.2, 0) is 9.53 Å². The first kappa shape index (κ1) is 13.6. The second-order valence-corrected chi connectivity index (χ2v) is 5.04. The van der Waals surface area contributed by atoms with Crippen molar-refractivity contribution in [2.75, 3.05) is 6.54 Å². The van der Waals surface area contributed by atoms with Gasteiger partial charge in [-0.1, -0.05) is 6.07 Å². The van der Waals surface area contributed by atoms with Crippen LogP contribution in [0.3, 0.4) is 0 Å². The number of ether oxygens (including phenoxy) is 1. The van der Waals surface area contributed by atoms with E-state index >= 15 is 0 Å². The number of nitrogens with one attached hydrogen (secondary N) is 2. The second kappa shape index (κ2) is 5.53. The molecule has 2 aromatic rings. The van der Waals surface area contributed by atoms with E-state index in [1.807, 2.05) is 6.07 Å². The summed E-state index contributed by atoms with van der Waals surface area (Å²) in [4.78, 5) is 22.8. The predicted molar refractivity (Wildman–Crippen MR) is 74.0 cm³/mol. The van der Waals surface area contributed by atoms with Crippen LogP contribution in [0.15, 0.2) is 24.4 Å². The molecule has 110 valence electrons. The maximum absolute atomic E-state index is 12.1. The van der Waals surface area contributed by atoms with E-state index in [0.29, 0.717) is 24.9 Å². The van der Waals surface area contributed by atoms with Crippen LogP contribution in [0.5, 0.6) is 0 Å². The molecule has 0 spiro atoms. The van der Waals surface area contributed by atoms with E-state index in [0.717, 1.165) is 10.9 Å². The summed E-state index contributed by atoms with van der Waals surface area (Å²) >= 11 is 0. The van der Waals surface area contributed by atoms with Crippen molar-refractivity contribution >= 4 is 22.8 Å². The lowest BCUT2D eigenvalue weighted by atomic mass is 10.1. The highest BCUT2D eigenvalue weighted by molar-refractivity contribution is 5.97. The Hall–Kier alpha value is -2.41. The van der Waals surface area contributed by atoms with Crippen molar-refractivity contribution in [2.45, 2.75) is 25.0 Å². The summed E-state index contributed by atoms with van der Waals surface area (Å²) in [6, 6.07) is 5.27. The molecule has 3 N–H and O–H groups in total. The van der Waals surface area contributed by atoms with Crippen LogP contribution < -0.4 is 5.32 Å². The SMILES string of the molecule is O=C(NCC1CCC(C(=O)O)O1)c1ccc2cn[nH]c2c1. The van der Waals surface area contributed by atoms with E-state index in [1.54, 1.807) is 18.3 Å². The largest absolute Gasteiger partial charge is 0.479 e. The van der Waals surface area contributed by atoms with Crippen molar-refractivity contribution in [1.29, 1.82) is 0 Å². The maximum atomic E-state index is 12.1. The Morgan fingerprint density at radius 3 is 3.05 bits per heavy atom. The van der Waals surface area contributed by atoms with E-state index in [1.165, 1.54) is 0 Å². The molecule has 7 nitrogen and oxygen atoms in total. The highest BCUT2D eigenvalue weighted by atomic mass is 16.5. The van der Waals surface area contributed by atoms with E-state index < -0.39 is 12.1 Å². The molecular formula is C14H15N3O4. The first-order valence-electron chi connectivity index (χ1n) is 6.73. The number of aliphatic carboxylic acids is 1. The molecule has 0 bridgehead atoms. The molecule has 2 heterocycles. The van der Waals surface area contributed by atoms with E-state index in [2.05, 4.69) is 15.5 Å². The zero-order valence-electron chi connectivity index (χ0n) is 11.2. The second-order valence-electron chi connectivity index (χ2n) is 5.04. The number of carboxylic acid groups (broad SMARTS) is 1. The molecule has 7 heteroatoms. The van der Waals surface area contributed by atoms with Crippen LogP contribution in [-0.4, -0.2) is 45.9 Å². The van der Waals surface area contributed by atoms with Gasteiger partial charge >= 0.3 is 5.97 Å². The fourth-order valence-corrected chi connectivity index (χ4v) is 2.42. The summed E-state index contributed by atoms with van der Waals surface area (Å²) in [5, 5.41) is 19.3. The average molecular weight is 289 g/mol. The van der Waals surface area contributed by atoms with Crippen LogP contribution in [0, 0.1) is 0 Å². The van der Waals surface area contributed by atoms with Crippen molar-refractivity contribution in [3.05, 3.63) is 30.0 Å². The van der Waals surface area contributed by atoms with Gasteiger partial charge in [0.2, 0.25) is 0 Å². The number of H-pyrrole nitrogens is 1. The highest BCUT2D eigenvalue weighted by Gasteiger charge is 2.30. The van der Waals surface area contributed by atoms with Crippen molar-refractivity contribution < 1.29 is 19.4 Å². The Labute approximate surface area is 120 Å². The Bertz CT molecular complexity index is 682. The van der Waals surface area contributed by atoms with Crippen LogP contribution in [0.4, 0.5) is 0 Å². The summed E-state index contributed by atoms with van der Waals surface area (Å²) in [5.41, 5.74) is 1.32. The molecule has 0 radical (unpaired) electrons. The lowest BCUT2D eigenvalue weighted by molar-refractivity contribution is -0.149. The quantitative estimate of drug-likeness (QED) is 0.776. The van der Waals surface area contributed by atoms with Gasteiger partial charge in [-0.15, -0.1) is 0 Å². The molecule has 1 amide bonds. The minimum atomic E-state index is -0.950. The molecule has 0 aliphatic carbocycles. The molecule has 21 heavy (non-hydrogen) atoms. The molecule has 2 unspecified atom stereocenters. The molecule has 1 aliphatic heterocycles. The fraction of sp³-hybridized carbons (Fsp3) is 0.357. The summed E-state index contributed by atoms with van der Waals surface area (Å²) in [5.74, 6) is -1.16. The molecule has 1 fully saturated rings. The molecule has 1 aliphatic rings. The first-order chi connectivity index (χ1) is 10.1. The third-order valence-corrected chi connectivity index (χ3v) is 3.58. The standard InChI is InChI=1S/C14H15N3O4/c18-13(8-1-2-9-6-16-17-11(9)5-8)15-7-10-3-4-12(21-10)14(19)20/h1-2,5-6,10,12H,3-4,7H2,(H,15,18)(H,16,17)(H,19,20). The Morgan fingerprint density at radius 1 is 1.43 bits per heavy atom. The number of hydrogen-bond acceptors (Lipinski definition) is 4. The number of aromatic nitrogens is 2. The lowest BCUT2D eigenvalue weighted by Gasteiger charge is -2.12. The van der Waals surface area contributed by atoms with E-state index in [9.17, 15) is 9.59 Å². The van der Waals surface area contributed by atoms with Gasteiger partial charge in [0.1, 0.15) is 0 Å². The van der Waals surface area contributed by atoms with Gasteiger partial charge in [0.25, 0.3) is 5.91 Å². The molecule has 2 atom stereocenters. The Kier molecular flexibility index (Phi) is 3.57. The number of amides is 1. The summed E-state index contributed by atoms with van der Waals surface area (Å²) in [6.45, 7) is 0.309. The number of carboxylic acids is 1. The van der Waals surface area contributed by atoms with Gasteiger partial charge in [0.15, 0.2) is 6.10 Å². The van der Waals surface area contributed by atoms with Crippen molar-refractivity contribution in [1.82, 2.24) is 15.5 Å². The van der Waals surface area contributed by atoms with Gasteiger partial charge < -0.3 is 15.2 Å². The van der Waals surface area contributed by atoms with Crippen molar-refractivity contribution in [2.24, 2.45) is 0 Å². The van der Waals surface area contributed by atoms with Gasteiger partial charge in [-0.05, 0) is 25.0 Å². The maximum Gasteiger partial charge on any atom is 0.332 e.